The van der Waals surface area contributed by atoms with Crippen LogP contribution < -0.4 is 0 Å². The van der Waals surface area contributed by atoms with Crippen LogP contribution in [0.4, 0.5) is 0 Å². The van der Waals surface area contributed by atoms with Gasteiger partial charge in [0, 0.05) is 6.54 Å². The zero-order valence-corrected chi connectivity index (χ0v) is 14.2. The highest BCUT2D eigenvalue weighted by molar-refractivity contribution is 6.20. The van der Waals surface area contributed by atoms with Crippen LogP contribution in [-0.2, 0) is 9.63 Å². The van der Waals surface area contributed by atoms with E-state index in [4.69, 9.17) is 4.84 Å². The second kappa shape index (κ2) is 6.02. The highest BCUT2D eigenvalue weighted by Crippen LogP contribution is 2.36. The number of fused-ring (bicyclic) bond motifs is 1. The van der Waals surface area contributed by atoms with Crippen LogP contribution in [0.15, 0.2) is 24.3 Å². The average Bonchev–Trinajstić information content (AvgIpc) is 2.80. The third-order valence-corrected chi connectivity index (χ3v) is 5.10. The smallest absolute Gasteiger partial charge is 0.329 e. The molecule has 2 heterocycles. The fraction of sp³-hybridized carbons (Fsp3) is 0.500. The Morgan fingerprint density at radius 2 is 1.75 bits per heavy atom. The fourth-order valence-corrected chi connectivity index (χ4v) is 3.37. The molecular weight excluding hydrogens is 308 g/mol. The summed E-state index contributed by atoms with van der Waals surface area (Å²) in [5.74, 6) is -1.59. The molecule has 1 fully saturated rings. The van der Waals surface area contributed by atoms with Gasteiger partial charge in [-0.3, -0.25) is 9.59 Å². The molecule has 0 N–H and O–H groups in total. The lowest BCUT2D eigenvalue weighted by Gasteiger charge is -2.38. The van der Waals surface area contributed by atoms with Crippen molar-refractivity contribution < 1.29 is 19.2 Å². The molecule has 0 saturated carbocycles. The van der Waals surface area contributed by atoms with E-state index >= 15 is 0 Å². The van der Waals surface area contributed by atoms with Crippen molar-refractivity contribution in [3.8, 4) is 0 Å². The van der Waals surface area contributed by atoms with Crippen LogP contribution in [0.5, 0.6) is 0 Å². The number of nitrogens with zero attached hydrogens (tertiary/aromatic N) is 2. The topological polar surface area (TPSA) is 66.9 Å². The molecule has 0 aromatic heterocycles. The number of piperidine rings is 1. The lowest BCUT2D eigenvalue weighted by molar-refractivity contribution is -0.183. The van der Waals surface area contributed by atoms with Gasteiger partial charge in [-0.15, -0.1) is 0 Å². The van der Waals surface area contributed by atoms with E-state index in [-0.39, 0.29) is 17.0 Å². The first-order valence-electron chi connectivity index (χ1n) is 8.21. The van der Waals surface area contributed by atoms with Crippen molar-refractivity contribution in [3.05, 3.63) is 35.4 Å². The zero-order valence-electron chi connectivity index (χ0n) is 14.2. The maximum Gasteiger partial charge on any atom is 0.339 e. The summed E-state index contributed by atoms with van der Waals surface area (Å²) in [6.45, 7) is 5.44. The van der Waals surface area contributed by atoms with E-state index in [9.17, 15) is 14.4 Å². The van der Waals surface area contributed by atoms with E-state index in [0.29, 0.717) is 5.06 Å². The molecule has 2 aliphatic rings. The van der Waals surface area contributed by atoms with Gasteiger partial charge in [-0.05, 0) is 58.3 Å². The third kappa shape index (κ3) is 2.71. The number of likely N-dealkylation sites (tertiary alicyclic amines) is 1. The molecule has 6 heteroatoms. The Kier molecular flexibility index (Phi) is 4.17. The zero-order chi connectivity index (χ0) is 17.5. The summed E-state index contributed by atoms with van der Waals surface area (Å²) in [6, 6.07) is 6.48. The Morgan fingerprint density at radius 3 is 2.29 bits per heavy atom. The van der Waals surface area contributed by atoms with Gasteiger partial charge in [0.25, 0.3) is 11.8 Å². The average molecular weight is 330 g/mol. The van der Waals surface area contributed by atoms with Crippen molar-refractivity contribution >= 4 is 17.8 Å². The number of hydrogen-bond donors (Lipinski definition) is 0. The van der Waals surface area contributed by atoms with E-state index in [2.05, 4.69) is 4.90 Å². The fourth-order valence-electron chi connectivity index (χ4n) is 3.37. The Balaban J connectivity index is 1.75. The molecule has 1 saturated heterocycles. The molecule has 0 radical (unpaired) electrons. The number of imide groups is 1. The van der Waals surface area contributed by atoms with Crippen LogP contribution in [0.3, 0.4) is 0 Å². The minimum Gasteiger partial charge on any atom is -0.329 e. The largest absolute Gasteiger partial charge is 0.339 e. The summed E-state index contributed by atoms with van der Waals surface area (Å²) in [7, 11) is 2.03. The maximum absolute atomic E-state index is 12.7. The second-order valence-corrected chi connectivity index (χ2v) is 7.15. The van der Waals surface area contributed by atoms with Crippen molar-refractivity contribution in [3.63, 3.8) is 0 Å². The van der Waals surface area contributed by atoms with Gasteiger partial charge in [0.05, 0.1) is 16.5 Å². The van der Waals surface area contributed by atoms with Crippen LogP contribution in [0.2, 0.25) is 0 Å². The summed E-state index contributed by atoms with van der Waals surface area (Å²) >= 11 is 0. The van der Waals surface area contributed by atoms with Gasteiger partial charge in [-0.1, -0.05) is 17.2 Å². The van der Waals surface area contributed by atoms with E-state index in [1.54, 1.807) is 24.3 Å². The van der Waals surface area contributed by atoms with Crippen molar-refractivity contribution in [2.24, 2.45) is 11.3 Å². The van der Waals surface area contributed by atoms with E-state index in [0.717, 1.165) is 25.9 Å². The van der Waals surface area contributed by atoms with Crippen molar-refractivity contribution in [1.82, 2.24) is 9.96 Å². The predicted octanol–water partition coefficient (Wildman–Crippen LogP) is 2.11. The number of carbonyl (C=O) groups excluding carboxylic acids is 3. The molecule has 24 heavy (non-hydrogen) atoms. The summed E-state index contributed by atoms with van der Waals surface area (Å²) in [5, 5.41) is 0.599. The Hall–Kier alpha value is -2.21. The lowest BCUT2D eigenvalue weighted by Crippen LogP contribution is -2.46. The molecule has 0 bridgehead atoms. The van der Waals surface area contributed by atoms with Crippen LogP contribution in [-0.4, -0.2) is 47.9 Å². The molecule has 1 atom stereocenters. The first-order chi connectivity index (χ1) is 11.3. The Morgan fingerprint density at radius 1 is 1.17 bits per heavy atom. The van der Waals surface area contributed by atoms with Crippen LogP contribution >= 0.6 is 0 Å². The summed E-state index contributed by atoms with van der Waals surface area (Å²) < 4.78 is 0. The molecule has 0 spiro atoms. The number of hydrogen-bond acceptors (Lipinski definition) is 5. The highest BCUT2D eigenvalue weighted by atomic mass is 16.7. The number of rotatable bonds is 3. The monoisotopic (exact) mass is 330 g/mol. The molecule has 0 aliphatic carbocycles. The van der Waals surface area contributed by atoms with Crippen molar-refractivity contribution in [1.29, 1.82) is 0 Å². The van der Waals surface area contributed by atoms with Gasteiger partial charge < -0.3 is 9.74 Å². The quantitative estimate of drug-likeness (QED) is 0.794. The summed E-state index contributed by atoms with van der Waals surface area (Å²) in [5.41, 5.74) is -0.236. The van der Waals surface area contributed by atoms with E-state index < -0.39 is 23.2 Å². The Bertz CT molecular complexity index is 663. The summed E-state index contributed by atoms with van der Waals surface area (Å²) in [4.78, 5) is 44.8. The molecule has 2 amide bonds. The van der Waals surface area contributed by atoms with Gasteiger partial charge in [-0.2, -0.15) is 0 Å². The summed E-state index contributed by atoms with van der Waals surface area (Å²) in [6.07, 6.45) is 1.94. The Labute approximate surface area is 141 Å². The van der Waals surface area contributed by atoms with E-state index in [1.165, 1.54) is 0 Å². The normalized spacial score (nSPS) is 21.8. The maximum atomic E-state index is 12.7. The van der Waals surface area contributed by atoms with Crippen LogP contribution in [0.25, 0.3) is 0 Å². The van der Waals surface area contributed by atoms with Crippen LogP contribution in [0, 0.1) is 11.3 Å². The molecular formula is C18H22N2O4. The standard InChI is InChI=1S/C18H22N2O4/c1-18(2,12-7-6-10-19(3)11-12)17(23)24-20-15(21)13-8-4-5-9-14(13)16(20)22/h4-5,8-9,12H,6-7,10-11H2,1-3H3. The molecule has 3 rings (SSSR count). The number of benzene rings is 1. The minimum absolute atomic E-state index is 0.124. The number of amides is 2. The lowest BCUT2D eigenvalue weighted by atomic mass is 9.75. The third-order valence-electron chi connectivity index (χ3n) is 5.10. The van der Waals surface area contributed by atoms with Crippen molar-refractivity contribution in [2.45, 2.75) is 26.7 Å². The highest BCUT2D eigenvalue weighted by Gasteiger charge is 2.45. The molecule has 128 valence electrons. The van der Waals surface area contributed by atoms with Gasteiger partial charge in [0.2, 0.25) is 0 Å². The van der Waals surface area contributed by atoms with Crippen molar-refractivity contribution in [2.75, 3.05) is 20.1 Å². The van der Waals surface area contributed by atoms with Gasteiger partial charge in [-0.25, -0.2) is 4.79 Å². The van der Waals surface area contributed by atoms with Gasteiger partial charge in [0.1, 0.15) is 0 Å². The van der Waals surface area contributed by atoms with Gasteiger partial charge >= 0.3 is 5.97 Å². The van der Waals surface area contributed by atoms with Gasteiger partial charge in [0.15, 0.2) is 0 Å². The SMILES string of the molecule is CN1CCCC(C(C)(C)C(=O)ON2C(=O)c3ccccc3C2=O)C1. The van der Waals surface area contributed by atoms with Crippen LogP contribution in [0.1, 0.15) is 47.4 Å². The molecule has 1 aromatic carbocycles. The van der Waals surface area contributed by atoms with E-state index in [1.807, 2.05) is 20.9 Å². The molecule has 1 unspecified atom stereocenters. The minimum atomic E-state index is -0.774. The predicted molar refractivity (Wildman–Crippen MR) is 87.0 cm³/mol. The first-order valence-corrected chi connectivity index (χ1v) is 8.21. The molecule has 2 aliphatic heterocycles. The first kappa shape index (κ1) is 16.6. The molecule has 6 nitrogen and oxygen atoms in total. The number of hydroxylamine groups is 2. The second-order valence-electron chi connectivity index (χ2n) is 7.15. The molecule has 1 aromatic rings. The number of carbonyl (C=O) groups is 3.